The first-order valence-electron chi connectivity index (χ1n) is 7.42. The van der Waals surface area contributed by atoms with Crippen LogP contribution in [0.3, 0.4) is 0 Å². The number of fused-ring (bicyclic) bond motifs is 1. The van der Waals surface area contributed by atoms with Crippen LogP contribution in [0.1, 0.15) is 19.6 Å². The molecular formula is C14H21N5O3. The van der Waals surface area contributed by atoms with E-state index in [0.29, 0.717) is 23.4 Å². The maximum Gasteiger partial charge on any atom is 0.165 e. The van der Waals surface area contributed by atoms with Crippen molar-refractivity contribution in [2.75, 3.05) is 18.8 Å². The van der Waals surface area contributed by atoms with Crippen molar-refractivity contribution in [3.05, 3.63) is 18.6 Å². The van der Waals surface area contributed by atoms with E-state index in [1.165, 1.54) is 6.33 Å². The average molecular weight is 307 g/mol. The number of nitrogens with zero attached hydrogens (tertiary/aromatic N) is 3. The van der Waals surface area contributed by atoms with E-state index in [9.17, 15) is 10.2 Å². The Bertz CT molecular complexity index is 646. The summed E-state index contributed by atoms with van der Waals surface area (Å²) in [6, 6.07) is 1.66. The predicted octanol–water partition coefficient (Wildman–Crippen LogP) is -0.368. The molecule has 0 spiro atoms. The summed E-state index contributed by atoms with van der Waals surface area (Å²) in [5.41, 5.74) is 7.45. The van der Waals surface area contributed by atoms with Crippen molar-refractivity contribution in [3.63, 3.8) is 0 Å². The lowest BCUT2D eigenvalue weighted by atomic mass is 10.1. The van der Waals surface area contributed by atoms with Crippen molar-refractivity contribution in [1.29, 1.82) is 0 Å². The Morgan fingerprint density at radius 2 is 2.18 bits per heavy atom. The normalized spacial score (nSPS) is 28.5. The van der Waals surface area contributed by atoms with Crippen LogP contribution in [-0.2, 0) is 4.74 Å². The smallest absolute Gasteiger partial charge is 0.165 e. The molecule has 0 amide bonds. The van der Waals surface area contributed by atoms with Gasteiger partial charge >= 0.3 is 0 Å². The lowest BCUT2D eigenvalue weighted by Gasteiger charge is -2.16. The van der Waals surface area contributed by atoms with Crippen molar-refractivity contribution in [3.8, 4) is 0 Å². The quantitative estimate of drug-likeness (QED) is 0.557. The molecule has 2 aromatic heterocycles. The van der Waals surface area contributed by atoms with Crippen LogP contribution >= 0.6 is 0 Å². The average Bonchev–Trinajstić information content (AvgIpc) is 3.05. The summed E-state index contributed by atoms with van der Waals surface area (Å²) in [7, 11) is 0. The summed E-state index contributed by atoms with van der Waals surface area (Å²) in [6.07, 6.45) is 0.865. The highest BCUT2D eigenvalue weighted by Gasteiger charge is 2.43. The molecule has 22 heavy (non-hydrogen) atoms. The van der Waals surface area contributed by atoms with Gasteiger partial charge in [0.25, 0.3) is 0 Å². The van der Waals surface area contributed by atoms with Crippen LogP contribution in [0.2, 0.25) is 0 Å². The first-order chi connectivity index (χ1) is 10.6. The molecule has 8 heteroatoms. The van der Waals surface area contributed by atoms with E-state index in [0.717, 1.165) is 13.0 Å². The molecule has 0 aliphatic carbocycles. The van der Waals surface area contributed by atoms with E-state index < -0.39 is 24.5 Å². The molecule has 1 fully saturated rings. The molecule has 3 heterocycles. The molecule has 1 saturated heterocycles. The standard InChI is InChI=1S/C14H21N5O3/c1-2-4-16-6-9-11(20)12(21)14(22-9)19-7-18-10-8(15)3-5-17-13(10)19/h3,5,7,9,11-12,14,16,20-21H,2,4,6H2,1H3,(H2,15,17)/t9-,11-,12-,14-/m1/s1. The van der Waals surface area contributed by atoms with Gasteiger partial charge in [0.1, 0.15) is 23.8 Å². The highest BCUT2D eigenvalue weighted by atomic mass is 16.6. The summed E-state index contributed by atoms with van der Waals surface area (Å²) < 4.78 is 7.42. The second-order valence-corrected chi connectivity index (χ2v) is 5.47. The molecule has 120 valence electrons. The van der Waals surface area contributed by atoms with Crippen LogP contribution < -0.4 is 11.1 Å². The van der Waals surface area contributed by atoms with Crippen LogP contribution in [0.4, 0.5) is 5.69 Å². The summed E-state index contributed by atoms with van der Waals surface area (Å²) in [5, 5.41) is 23.6. The topological polar surface area (TPSA) is 118 Å². The fourth-order valence-electron chi connectivity index (χ4n) is 2.69. The van der Waals surface area contributed by atoms with Gasteiger partial charge < -0.3 is 26.0 Å². The summed E-state index contributed by atoms with van der Waals surface area (Å²) in [6.45, 7) is 3.37. The number of aromatic nitrogens is 3. The monoisotopic (exact) mass is 307 g/mol. The second kappa shape index (κ2) is 6.17. The zero-order valence-electron chi connectivity index (χ0n) is 12.4. The second-order valence-electron chi connectivity index (χ2n) is 5.47. The zero-order valence-corrected chi connectivity index (χ0v) is 12.4. The van der Waals surface area contributed by atoms with Gasteiger partial charge in [-0.1, -0.05) is 6.92 Å². The van der Waals surface area contributed by atoms with E-state index in [1.807, 2.05) is 0 Å². The van der Waals surface area contributed by atoms with Crippen LogP contribution in [0.15, 0.2) is 18.6 Å². The molecule has 5 N–H and O–H groups in total. The fraction of sp³-hybridized carbons (Fsp3) is 0.571. The number of aliphatic hydroxyl groups excluding tert-OH is 2. The Labute approximate surface area is 127 Å². The van der Waals surface area contributed by atoms with Crippen LogP contribution in [-0.4, -0.2) is 56.1 Å². The van der Waals surface area contributed by atoms with Crippen molar-refractivity contribution >= 4 is 16.9 Å². The first kappa shape index (κ1) is 15.2. The molecule has 2 aromatic rings. The number of nitrogens with one attached hydrogen (secondary N) is 1. The number of rotatable bonds is 5. The van der Waals surface area contributed by atoms with Crippen LogP contribution in [0, 0.1) is 0 Å². The third-order valence-corrected chi connectivity index (χ3v) is 3.88. The van der Waals surface area contributed by atoms with Gasteiger partial charge in [-0.15, -0.1) is 0 Å². The number of hydrogen-bond donors (Lipinski definition) is 4. The van der Waals surface area contributed by atoms with Gasteiger partial charge in [0, 0.05) is 12.7 Å². The maximum absolute atomic E-state index is 10.3. The van der Waals surface area contributed by atoms with Gasteiger partial charge in [0.05, 0.1) is 12.0 Å². The van der Waals surface area contributed by atoms with Gasteiger partial charge in [0.2, 0.25) is 0 Å². The van der Waals surface area contributed by atoms with Gasteiger partial charge in [-0.25, -0.2) is 9.97 Å². The lowest BCUT2D eigenvalue weighted by molar-refractivity contribution is -0.0341. The number of hydrogen-bond acceptors (Lipinski definition) is 7. The van der Waals surface area contributed by atoms with E-state index in [2.05, 4.69) is 22.2 Å². The van der Waals surface area contributed by atoms with Crippen LogP contribution in [0.5, 0.6) is 0 Å². The maximum atomic E-state index is 10.3. The van der Waals surface area contributed by atoms with Crippen LogP contribution in [0.25, 0.3) is 11.2 Å². The van der Waals surface area contributed by atoms with Crippen molar-refractivity contribution in [1.82, 2.24) is 19.9 Å². The highest BCUT2D eigenvalue weighted by molar-refractivity contribution is 5.83. The lowest BCUT2D eigenvalue weighted by Crippen LogP contribution is -2.37. The highest BCUT2D eigenvalue weighted by Crippen LogP contribution is 2.31. The Morgan fingerprint density at radius 3 is 2.95 bits per heavy atom. The Kier molecular flexibility index (Phi) is 4.25. The van der Waals surface area contributed by atoms with Gasteiger partial charge in [-0.05, 0) is 19.0 Å². The van der Waals surface area contributed by atoms with E-state index >= 15 is 0 Å². The third kappa shape index (κ3) is 2.54. The first-order valence-corrected chi connectivity index (χ1v) is 7.42. The Morgan fingerprint density at radius 1 is 1.36 bits per heavy atom. The summed E-state index contributed by atoms with van der Waals surface area (Å²) in [5.74, 6) is 0. The summed E-state index contributed by atoms with van der Waals surface area (Å²) >= 11 is 0. The Balaban J connectivity index is 1.83. The minimum absolute atomic E-state index is 0.477. The molecule has 4 atom stereocenters. The number of nitrogens with two attached hydrogens (primary N) is 1. The number of nitrogen functional groups attached to an aromatic ring is 1. The zero-order chi connectivity index (χ0) is 15.7. The number of ether oxygens (including phenoxy) is 1. The van der Waals surface area contributed by atoms with Gasteiger partial charge in [-0.3, -0.25) is 4.57 Å². The number of aliphatic hydroxyl groups is 2. The molecule has 0 bridgehead atoms. The molecule has 0 aromatic carbocycles. The van der Waals surface area contributed by atoms with E-state index in [-0.39, 0.29) is 0 Å². The molecule has 0 unspecified atom stereocenters. The molecule has 0 saturated carbocycles. The molecule has 0 radical (unpaired) electrons. The largest absolute Gasteiger partial charge is 0.397 e. The molecule has 1 aliphatic rings. The van der Waals surface area contributed by atoms with Gasteiger partial charge in [-0.2, -0.15) is 0 Å². The van der Waals surface area contributed by atoms with Gasteiger partial charge in [0.15, 0.2) is 11.9 Å². The van der Waals surface area contributed by atoms with E-state index in [1.54, 1.807) is 16.8 Å². The Hall–Kier alpha value is -1.74. The number of pyridine rings is 1. The minimum atomic E-state index is -1.05. The number of imidazole rings is 1. The van der Waals surface area contributed by atoms with Crippen molar-refractivity contribution in [2.45, 2.75) is 37.9 Å². The fourth-order valence-corrected chi connectivity index (χ4v) is 2.69. The molecule has 8 nitrogen and oxygen atoms in total. The number of anilines is 1. The third-order valence-electron chi connectivity index (χ3n) is 3.88. The molecular weight excluding hydrogens is 286 g/mol. The SMILES string of the molecule is CCCNC[C@H]1O[C@@H](n2cnc3c(N)ccnc32)[C@H](O)[C@@H]1O. The molecule has 3 rings (SSSR count). The molecule has 1 aliphatic heterocycles. The van der Waals surface area contributed by atoms with Crippen molar-refractivity contribution in [2.24, 2.45) is 0 Å². The summed E-state index contributed by atoms with van der Waals surface area (Å²) in [4.78, 5) is 8.45. The minimum Gasteiger partial charge on any atom is -0.397 e. The van der Waals surface area contributed by atoms with E-state index in [4.69, 9.17) is 10.5 Å². The predicted molar refractivity (Wildman–Crippen MR) is 81.0 cm³/mol. The van der Waals surface area contributed by atoms with Crippen molar-refractivity contribution < 1.29 is 14.9 Å².